The number of para-hydroxylation sites is 1. The van der Waals surface area contributed by atoms with Gasteiger partial charge in [0.2, 0.25) is 6.79 Å². The summed E-state index contributed by atoms with van der Waals surface area (Å²) >= 11 is 0. The van der Waals surface area contributed by atoms with Crippen LogP contribution in [0.5, 0.6) is 11.5 Å². The van der Waals surface area contributed by atoms with Gasteiger partial charge >= 0.3 is 0 Å². The number of hydrogen-bond donors (Lipinski definition) is 1. The second kappa shape index (κ2) is 6.43. The number of fused-ring (bicyclic) bond motifs is 2. The molecular weight excluding hydrogens is 318 g/mol. The van der Waals surface area contributed by atoms with Gasteiger partial charge in [-0.25, -0.2) is 0 Å². The van der Waals surface area contributed by atoms with Crippen LogP contribution in [-0.4, -0.2) is 30.4 Å². The maximum atomic E-state index is 10.6. The fraction of sp³-hybridized carbons (Fsp3) is 0.300. The first-order valence-corrected chi connectivity index (χ1v) is 8.38. The van der Waals surface area contributed by atoms with Gasteiger partial charge in [-0.2, -0.15) is 0 Å². The first-order chi connectivity index (χ1) is 12.1. The average molecular weight is 339 g/mol. The molecule has 0 unspecified atom stereocenters. The molecule has 25 heavy (non-hydrogen) atoms. The lowest BCUT2D eigenvalue weighted by Gasteiger charge is -2.25. The lowest BCUT2D eigenvalue weighted by molar-refractivity contribution is 0.103. The highest BCUT2D eigenvalue weighted by atomic mass is 16.7. The van der Waals surface area contributed by atoms with Gasteiger partial charge in [0.1, 0.15) is 11.3 Å². The monoisotopic (exact) mass is 339 g/mol. The van der Waals surface area contributed by atoms with Gasteiger partial charge in [-0.15, -0.1) is 0 Å². The van der Waals surface area contributed by atoms with Crippen LogP contribution in [0, 0.1) is 0 Å². The molecule has 5 heteroatoms. The molecule has 1 aliphatic heterocycles. The maximum Gasteiger partial charge on any atom is 0.231 e. The molecule has 5 nitrogen and oxygen atoms in total. The van der Waals surface area contributed by atoms with Crippen LogP contribution in [0.3, 0.4) is 0 Å². The minimum atomic E-state index is -0.619. The zero-order valence-electron chi connectivity index (χ0n) is 14.3. The van der Waals surface area contributed by atoms with Gasteiger partial charge in [0.15, 0.2) is 11.5 Å². The van der Waals surface area contributed by atoms with E-state index in [1.54, 1.807) is 0 Å². The molecule has 2 heterocycles. The molecule has 1 aromatic heterocycles. The van der Waals surface area contributed by atoms with E-state index in [1.165, 1.54) is 0 Å². The van der Waals surface area contributed by atoms with Crippen molar-refractivity contribution in [1.82, 2.24) is 4.90 Å². The Bertz CT molecular complexity index is 855. The van der Waals surface area contributed by atoms with Gasteiger partial charge in [-0.3, -0.25) is 4.90 Å². The molecule has 2 atom stereocenters. The first kappa shape index (κ1) is 16.0. The number of nitrogens with zero attached hydrogens (tertiary/aromatic N) is 1. The first-order valence-electron chi connectivity index (χ1n) is 8.38. The molecule has 0 saturated carbocycles. The van der Waals surface area contributed by atoms with E-state index in [0.717, 1.165) is 28.0 Å². The number of ether oxygens (including phenoxy) is 2. The van der Waals surface area contributed by atoms with E-state index in [-0.39, 0.29) is 12.8 Å². The smallest absolute Gasteiger partial charge is 0.231 e. The van der Waals surface area contributed by atoms with Crippen molar-refractivity contribution in [3.05, 3.63) is 59.9 Å². The minimum absolute atomic E-state index is 0.0519. The van der Waals surface area contributed by atoms with E-state index >= 15 is 0 Å². The standard InChI is InChI=1S/C20H21NO4/c1-13(19-10-15-5-3-4-6-17(15)25-19)21(2)11-16(22)14-7-8-18-20(9-14)24-12-23-18/h3-10,13,16,22H,11-12H2,1-2H3/t13-,16+/m0/s1. The van der Waals surface area contributed by atoms with Gasteiger partial charge in [0, 0.05) is 11.9 Å². The summed E-state index contributed by atoms with van der Waals surface area (Å²) in [4.78, 5) is 2.08. The fourth-order valence-corrected chi connectivity index (χ4v) is 3.08. The van der Waals surface area contributed by atoms with Crippen LogP contribution in [0.2, 0.25) is 0 Å². The maximum absolute atomic E-state index is 10.6. The molecule has 4 rings (SSSR count). The van der Waals surface area contributed by atoms with E-state index in [1.807, 2.05) is 49.5 Å². The van der Waals surface area contributed by atoms with Gasteiger partial charge in [-0.1, -0.05) is 24.3 Å². The predicted octanol–water partition coefficient (Wildman–Crippen LogP) is 3.89. The van der Waals surface area contributed by atoms with Gasteiger partial charge < -0.3 is 19.0 Å². The molecule has 2 aromatic carbocycles. The largest absolute Gasteiger partial charge is 0.459 e. The second-order valence-electron chi connectivity index (χ2n) is 6.43. The van der Waals surface area contributed by atoms with Crippen molar-refractivity contribution in [2.24, 2.45) is 0 Å². The van der Waals surface area contributed by atoms with Crippen LogP contribution in [0.25, 0.3) is 11.0 Å². The summed E-state index contributed by atoms with van der Waals surface area (Å²) in [5, 5.41) is 11.7. The quantitative estimate of drug-likeness (QED) is 0.764. The van der Waals surface area contributed by atoms with Crippen molar-refractivity contribution < 1.29 is 19.0 Å². The number of likely N-dealkylation sites (N-methyl/N-ethyl adjacent to an activating group) is 1. The Labute approximate surface area is 146 Å². The Balaban J connectivity index is 1.47. The van der Waals surface area contributed by atoms with Crippen LogP contribution in [0.1, 0.15) is 30.4 Å². The second-order valence-corrected chi connectivity index (χ2v) is 6.43. The number of aliphatic hydroxyl groups is 1. The SMILES string of the molecule is C[C@@H](c1cc2ccccc2o1)N(C)C[C@@H](O)c1ccc2c(c1)OCO2. The zero-order chi connectivity index (χ0) is 17.4. The molecule has 0 radical (unpaired) electrons. The highest BCUT2D eigenvalue weighted by Crippen LogP contribution is 2.35. The molecular formula is C20H21NO4. The van der Waals surface area contributed by atoms with E-state index in [9.17, 15) is 5.11 Å². The van der Waals surface area contributed by atoms with Crippen LogP contribution >= 0.6 is 0 Å². The molecule has 0 fully saturated rings. The highest BCUT2D eigenvalue weighted by molar-refractivity contribution is 5.77. The number of aliphatic hydroxyl groups excluding tert-OH is 1. The number of rotatable bonds is 5. The minimum Gasteiger partial charge on any atom is -0.459 e. The third-order valence-corrected chi connectivity index (χ3v) is 4.76. The summed E-state index contributed by atoms with van der Waals surface area (Å²) < 4.78 is 16.6. The lowest BCUT2D eigenvalue weighted by Crippen LogP contribution is -2.27. The van der Waals surface area contributed by atoms with Crippen LogP contribution in [0.4, 0.5) is 0 Å². The molecule has 0 spiro atoms. The molecule has 0 aliphatic carbocycles. The Kier molecular flexibility index (Phi) is 4.11. The summed E-state index contributed by atoms with van der Waals surface area (Å²) in [5.74, 6) is 2.30. The summed E-state index contributed by atoms with van der Waals surface area (Å²) in [5.41, 5.74) is 1.70. The van der Waals surface area contributed by atoms with Crippen molar-refractivity contribution in [1.29, 1.82) is 0 Å². The number of benzene rings is 2. The van der Waals surface area contributed by atoms with Crippen molar-refractivity contribution in [2.75, 3.05) is 20.4 Å². The van der Waals surface area contributed by atoms with Crippen molar-refractivity contribution >= 4 is 11.0 Å². The van der Waals surface area contributed by atoms with E-state index in [4.69, 9.17) is 13.9 Å². The Morgan fingerprint density at radius 1 is 1.08 bits per heavy atom. The topological polar surface area (TPSA) is 55.1 Å². The summed E-state index contributed by atoms with van der Waals surface area (Å²) in [6.45, 7) is 2.79. The molecule has 1 aliphatic rings. The molecule has 1 N–H and O–H groups in total. The normalized spacial score (nSPS) is 15.7. The van der Waals surface area contributed by atoms with E-state index < -0.39 is 6.10 Å². The van der Waals surface area contributed by atoms with Gasteiger partial charge in [0.05, 0.1) is 12.1 Å². The van der Waals surface area contributed by atoms with Crippen LogP contribution in [-0.2, 0) is 0 Å². The summed E-state index contributed by atoms with van der Waals surface area (Å²) in [7, 11) is 1.98. The Morgan fingerprint density at radius 3 is 2.72 bits per heavy atom. The van der Waals surface area contributed by atoms with Crippen molar-refractivity contribution in [3.8, 4) is 11.5 Å². The van der Waals surface area contributed by atoms with E-state index in [2.05, 4.69) is 17.9 Å². The van der Waals surface area contributed by atoms with Crippen molar-refractivity contribution in [3.63, 3.8) is 0 Å². The third kappa shape index (κ3) is 3.08. The lowest BCUT2D eigenvalue weighted by atomic mass is 10.1. The number of furan rings is 1. The molecule has 3 aromatic rings. The molecule has 130 valence electrons. The fourth-order valence-electron chi connectivity index (χ4n) is 3.08. The molecule has 0 amide bonds. The van der Waals surface area contributed by atoms with Crippen molar-refractivity contribution in [2.45, 2.75) is 19.1 Å². The molecule has 0 bridgehead atoms. The average Bonchev–Trinajstić information content (AvgIpc) is 3.26. The molecule has 0 saturated heterocycles. The summed E-state index contributed by atoms with van der Waals surface area (Å²) in [6.07, 6.45) is -0.619. The Morgan fingerprint density at radius 2 is 1.88 bits per heavy atom. The van der Waals surface area contributed by atoms with Crippen LogP contribution < -0.4 is 9.47 Å². The van der Waals surface area contributed by atoms with Gasteiger partial charge in [-0.05, 0) is 43.8 Å². The van der Waals surface area contributed by atoms with E-state index in [0.29, 0.717) is 12.3 Å². The zero-order valence-corrected chi connectivity index (χ0v) is 14.3. The predicted molar refractivity (Wildman–Crippen MR) is 94.8 cm³/mol. The van der Waals surface area contributed by atoms with Crippen LogP contribution in [0.15, 0.2) is 52.9 Å². The third-order valence-electron chi connectivity index (χ3n) is 4.76. The number of hydrogen-bond acceptors (Lipinski definition) is 5. The van der Waals surface area contributed by atoms with Gasteiger partial charge in [0.25, 0.3) is 0 Å². The summed E-state index contributed by atoms with van der Waals surface area (Å²) in [6, 6.07) is 15.6. The Hall–Kier alpha value is -2.50. The highest BCUT2D eigenvalue weighted by Gasteiger charge is 2.21.